The van der Waals surface area contributed by atoms with Crippen LogP contribution in [0.4, 0.5) is 0 Å². The Hall–Kier alpha value is -2.88. The molecule has 1 unspecified atom stereocenters. The van der Waals surface area contributed by atoms with E-state index >= 15 is 0 Å². The minimum Gasteiger partial charge on any atom is -0.492 e. The van der Waals surface area contributed by atoms with E-state index in [1.165, 1.54) is 4.90 Å². The Kier molecular flexibility index (Phi) is 5.52. The molecule has 2 aliphatic heterocycles. The van der Waals surface area contributed by atoms with Gasteiger partial charge >= 0.3 is 0 Å². The summed E-state index contributed by atoms with van der Waals surface area (Å²) in [6.07, 6.45) is 1.63. The molecule has 0 aliphatic carbocycles. The monoisotopic (exact) mass is 414 g/mol. The number of rotatable bonds is 4. The topological polar surface area (TPSA) is 58.4 Å². The molecule has 1 N–H and O–H groups in total. The molecule has 0 amide bonds. The number of methoxy groups -OCH3 is 1. The van der Waals surface area contributed by atoms with E-state index in [0.717, 1.165) is 36.1 Å². The quantitative estimate of drug-likeness (QED) is 0.613. The third kappa shape index (κ3) is 3.71. The van der Waals surface area contributed by atoms with Crippen molar-refractivity contribution in [1.82, 2.24) is 0 Å². The number of halogens is 1. The van der Waals surface area contributed by atoms with Gasteiger partial charge in [0.25, 0.3) is 0 Å². The summed E-state index contributed by atoms with van der Waals surface area (Å²) >= 11 is 5.92. The second-order valence-corrected chi connectivity index (χ2v) is 7.34. The first-order chi connectivity index (χ1) is 14.1. The lowest BCUT2D eigenvalue weighted by atomic mass is 9.91. The van der Waals surface area contributed by atoms with Crippen molar-refractivity contribution in [2.45, 2.75) is 12.5 Å². The van der Waals surface area contributed by atoms with Crippen molar-refractivity contribution >= 4 is 17.9 Å². The molecule has 0 saturated carbocycles. The summed E-state index contributed by atoms with van der Waals surface area (Å²) in [5, 5.41) is 0.486. The molecule has 0 spiro atoms. The Bertz CT molecular complexity index is 1010. The number of nitrogens with one attached hydrogen (secondary N) is 1. The molecule has 2 atom stereocenters. The summed E-state index contributed by atoms with van der Waals surface area (Å²) in [6.45, 7) is 1.30. The van der Waals surface area contributed by atoms with Crippen LogP contribution in [0.2, 0.25) is 5.02 Å². The summed E-state index contributed by atoms with van der Waals surface area (Å²) in [5.74, 6) is 8.91. The highest BCUT2D eigenvalue weighted by atomic mass is 35.5. The molecule has 29 heavy (non-hydrogen) atoms. The number of aldehydes is 1. The van der Waals surface area contributed by atoms with Crippen molar-refractivity contribution in [3.8, 4) is 34.8 Å². The van der Waals surface area contributed by atoms with Crippen molar-refractivity contribution < 1.29 is 28.6 Å². The average Bonchev–Trinajstić information content (AvgIpc) is 3.19. The molecule has 6 nitrogen and oxygen atoms in total. The van der Waals surface area contributed by atoms with E-state index in [9.17, 15) is 4.79 Å². The molecule has 0 bridgehead atoms. The van der Waals surface area contributed by atoms with Crippen LogP contribution in [-0.2, 0) is 6.42 Å². The van der Waals surface area contributed by atoms with Crippen molar-refractivity contribution in [2.24, 2.45) is 0 Å². The zero-order valence-electron chi connectivity index (χ0n) is 16.2. The van der Waals surface area contributed by atoms with Gasteiger partial charge in [-0.15, -0.1) is 0 Å². The molecule has 2 heterocycles. The minimum absolute atomic E-state index is 0.0810. The first-order valence-electron chi connectivity index (χ1n) is 9.30. The first-order valence-corrected chi connectivity index (χ1v) is 9.67. The van der Waals surface area contributed by atoms with Gasteiger partial charge in [0.2, 0.25) is 12.5 Å². The molecular formula is C22H21ClNO5+. The highest BCUT2D eigenvalue weighted by Gasteiger charge is 2.35. The van der Waals surface area contributed by atoms with Gasteiger partial charge in [-0.05, 0) is 35.7 Å². The zero-order chi connectivity index (χ0) is 20.4. The normalized spacial score (nSPS) is 19.0. The van der Waals surface area contributed by atoms with Gasteiger partial charge in [0.15, 0.2) is 23.8 Å². The molecule has 4 rings (SSSR count). The Labute approximate surface area is 174 Å². The number of quaternary nitrogens is 1. The lowest BCUT2D eigenvalue weighted by molar-refractivity contribution is -0.905. The number of carbonyl (C=O) groups is 1. The maximum Gasteiger partial charge on any atom is 0.231 e. The zero-order valence-corrected chi connectivity index (χ0v) is 17.0. The second-order valence-electron chi connectivity index (χ2n) is 6.91. The van der Waals surface area contributed by atoms with Gasteiger partial charge in [-0.1, -0.05) is 17.5 Å². The van der Waals surface area contributed by atoms with Crippen LogP contribution in [0.15, 0.2) is 24.3 Å². The van der Waals surface area contributed by atoms with Crippen molar-refractivity contribution in [1.29, 1.82) is 0 Å². The average molecular weight is 415 g/mol. The Morgan fingerprint density at radius 3 is 3.00 bits per heavy atom. The van der Waals surface area contributed by atoms with E-state index in [1.807, 2.05) is 6.07 Å². The summed E-state index contributed by atoms with van der Waals surface area (Å²) in [6, 6.07) is 6.87. The van der Waals surface area contributed by atoms with E-state index < -0.39 is 0 Å². The smallest absolute Gasteiger partial charge is 0.231 e. The van der Waals surface area contributed by atoms with Gasteiger partial charge in [0.05, 0.1) is 31.8 Å². The maximum atomic E-state index is 11.2. The standard InChI is InChI=1S/C22H20ClNO5/c1-24-8-7-14-11-19-21(29-13-28-19)22(26-2)20(14)17(24)4-3-9-27-18-6-5-16(23)10-15(18)12-25/h5-6,10-12,17H,7-9,13H2,1-2H3/p+1/t17-/m1/s1. The van der Waals surface area contributed by atoms with Crippen molar-refractivity contribution in [2.75, 3.05) is 34.1 Å². The Morgan fingerprint density at radius 1 is 1.34 bits per heavy atom. The third-order valence-electron chi connectivity index (χ3n) is 5.16. The molecule has 150 valence electrons. The molecule has 0 saturated heterocycles. The molecular weight excluding hydrogens is 394 g/mol. The number of benzene rings is 2. The molecule has 2 aromatic rings. The van der Waals surface area contributed by atoms with Gasteiger partial charge in [0, 0.05) is 11.4 Å². The summed E-state index contributed by atoms with van der Waals surface area (Å²) in [7, 11) is 3.74. The van der Waals surface area contributed by atoms with Gasteiger partial charge in [-0.25, -0.2) is 0 Å². The van der Waals surface area contributed by atoms with E-state index in [4.69, 9.17) is 30.5 Å². The van der Waals surface area contributed by atoms with Gasteiger partial charge in [-0.3, -0.25) is 4.79 Å². The van der Waals surface area contributed by atoms with Crippen LogP contribution in [0.5, 0.6) is 23.0 Å². The second kappa shape index (κ2) is 8.24. The van der Waals surface area contributed by atoms with Crippen LogP contribution in [-0.4, -0.2) is 40.4 Å². The first kappa shape index (κ1) is 19.4. The summed E-state index contributed by atoms with van der Waals surface area (Å²) < 4.78 is 22.5. The fraction of sp³-hybridized carbons (Fsp3) is 0.318. The SMILES string of the molecule is COc1c2c(cc3c1[C@@H](C#CCOc1ccc(Cl)cc1C=O)[NH+](C)CC3)OCO2. The number of hydrogen-bond donors (Lipinski definition) is 1. The van der Waals surface area contributed by atoms with Crippen LogP contribution in [0, 0.1) is 11.8 Å². The predicted octanol–water partition coefficient (Wildman–Crippen LogP) is 2.08. The summed E-state index contributed by atoms with van der Waals surface area (Å²) in [5.41, 5.74) is 2.60. The van der Waals surface area contributed by atoms with Gasteiger partial charge in [0.1, 0.15) is 12.4 Å². The highest BCUT2D eigenvalue weighted by molar-refractivity contribution is 6.30. The summed E-state index contributed by atoms with van der Waals surface area (Å²) in [4.78, 5) is 12.5. The van der Waals surface area contributed by atoms with E-state index in [1.54, 1.807) is 25.3 Å². The molecule has 7 heteroatoms. The fourth-order valence-electron chi connectivity index (χ4n) is 3.72. The number of hydrogen-bond acceptors (Lipinski definition) is 5. The number of likely N-dealkylation sites (N-methyl/N-ethyl adjacent to an activating group) is 1. The van der Waals surface area contributed by atoms with Gasteiger partial charge < -0.3 is 23.8 Å². The molecule has 2 aromatic carbocycles. The lowest BCUT2D eigenvalue weighted by Crippen LogP contribution is -3.10. The third-order valence-corrected chi connectivity index (χ3v) is 5.40. The van der Waals surface area contributed by atoms with E-state index in [-0.39, 0.29) is 19.4 Å². The van der Waals surface area contributed by atoms with Crippen LogP contribution >= 0.6 is 11.6 Å². The van der Waals surface area contributed by atoms with Crippen LogP contribution in [0.3, 0.4) is 0 Å². The minimum atomic E-state index is -0.0810. The molecule has 0 fully saturated rings. The van der Waals surface area contributed by atoms with E-state index in [2.05, 4.69) is 18.9 Å². The van der Waals surface area contributed by atoms with Crippen LogP contribution < -0.4 is 23.8 Å². The lowest BCUT2D eigenvalue weighted by Gasteiger charge is -2.30. The fourth-order valence-corrected chi connectivity index (χ4v) is 3.90. The number of fused-ring (bicyclic) bond motifs is 2. The molecule has 2 aliphatic rings. The molecule has 0 radical (unpaired) electrons. The van der Waals surface area contributed by atoms with Crippen LogP contribution in [0.1, 0.15) is 27.5 Å². The predicted molar refractivity (Wildman–Crippen MR) is 107 cm³/mol. The highest BCUT2D eigenvalue weighted by Crippen LogP contribution is 2.47. The number of ether oxygens (including phenoxy) is 4. The Balaban J connectivity index is 1.59. The molecule has 0 aromatic heterocycles. The van der Waals surface area contributed by atoms with Crippen LogP contribution in [0.25, 0.3) is 0 Å². The van der Waals surface area contributed by atoms with Gasteiger partial charge in [-0.2, -0.15) is 0 Å². The number of carbonyl (C=O) groups excluding carboxylic acids is 1. The van der Waals surface area contributed by atoms with Crippen molar-refractivity contribution in [3.05, 3.63) is 46.0 Å². The van der Waals surface area contributed by atoms with E-state index in [0.29, 0.717) is 27.8 Å². The largest absolute Gasteiger partial charge is 0.492 e. The van der Waals surface area contributed by atoms with Crippen molar-refractivity contribution in [3.63, 3.8) is 0 Å². The Morgan fingerprint density at radius 2 is 2.21 bits per heavy atom. The maximum absolute atomic E-state index is 11.2.